The first-order chi connectivity index (χ1) is 8.56. The third-order valence-corrected chi connectivity index (χ3v) is 3.01. The molecule has 2 aromatic rings. The van der Waals surface area contributed by atoms with E-state index in [9.17, 15) is 4.79 Å². The number of carbonyl (C=O) groups is 1. The number of hydrogen-bond acceptors (Lipinski definition) is 2. The zero-order valence-corrected chi connectivity index (χ0v) is 10.7. The molecule has 1 amide bonds. The lowest BCUT2D eigenvalue weighted by Gasteiger charge is -2.07. The minimum absolute atomic E-state index is 0.167. The average Bonchev–Trinajstić information content (AvgIpc) is 2.35. The van der Waals surface area contributed by atoms with Crippen LogP contribution in [-0.2, 0) is 0 Å². The highest BCUT2D eigenvalue weighted by Crippen LogP contribution is 2.18. The molecule has 0 aliphatic heterocycles. The van der Waals surface area contributed by atoms with Crippen LogP contribution in [0.25, 0.3) is 0 Å². The number of rotatable bonds is 2. The Morgan fingerprint density at radius 3 is 2.44 bits per heavy atom. The van der Waals surface area contributed by atoms with E-state index >= 15 is 0 Å². The van der Waals surface area contributed by atoms with Crippen molar-refractivity contribution in [2.24, 2.45) is 0 Å². The van der Waals surface area contributed by atoms with E-state index in [-0.39, 0.29) is 5.91 Å². The maximum absolute atomic E-state index is 12.0. The second-order valence-electron chi connectivity index (χ2n) is 4.04. The molecule has 18 heavy (non-hydrogen) atoms. The fourth-order valence-corrected chi connectivity index (χ4v) is 1.67. The normalized spacial score (nSPS) is 10.1. The molecule has 0 fully saturated rings. The van der Waals surface area contributed by atoms with Crippen LogP contribution in [0.15, 0.2) is 42.5 Å². The van der Waals surface area contributed by atoms with Crippen LogP contribution >= 0.6 is 11.6 Å². The van der Waals surface area contributed by atoms with Gasteiger partial charge in [-0.05, 0) is 55.0 Å². The van der Waals surface area contributed by atoms with Gasteiger partial charge in [0.1, 0.15) is 0 Å². The number of aryl methyl sites for hydroxylation is 1. The van der Waals surface area contributed by atoms with Crippen molar-refractivity contribution in [3.63, 3.8) is 0 Å². The van der Waals surface area contributed by atoms with Crippen LogP contribution in [0.5, 0.6) is 0 Å². The Labute approximate surface area is 111 Å². The number of nitrogen functional groups attached to an aromatic ring is 1. The van der Waals surface area contributed by atoms with Gasteiger partial charge in [0, 0.05) is 22.0 Å². The summed E-state index contributed by atoms with van der Waals surface area (Å²) in [5.41, 5.74) is 8.40. The topological polar surface area (TPSA) is 55.1 Å². The van der Waals surface area contributed by atoms with Crippen molar-refractivity contribution in [1.29, 1.82) is 0 Å². The molecule has 0 saturated heterocycles. The lowest BCUT2D eigenvalue weighted by Crippen LogP contribution is -2.11. The molecule has 0 bridgehead atoms. The molecule has 0 radical (unpaired) electrons. The molecule has 2 aromatic carbocycles. The fourth-order valence-electron chi connectivity index (χ4n) is 1.56. The number of nitrogens with one attached hydrogen (secondary N) is 1. The van der Waals surface area contributed by atoms with Gasteiger partial charge in [0.2, 0.25) is 0 Å². The van der Waals surface area contributed by atoms with Crippen molar-refractivity contribution in [2.45, 2.75) is 6.92 Å². The molecule has 2 rings (SSSR count). The Kier molecular flexibility index (Phi) is 3.53. The van der Waals surface area contributed by atoms with Gasteiger partial charge in [-0.3, -0.25) is 4.79 Å². The van der Waals surface area contributed by atoms with E-state index < -0.39 is 0 Å². The number of amides is 1. The summed E-state index contributed by atoms with van der Waals surface area (Å²) in [7, 11) is 0. The van der Waals surface area contributed by atoms with Gasteiger partial charge in [-0.2, -0.15) is 0 Å². The Bertz CT molecular complexity index is 579. The minimum Gasteiger partial charge on any atom is -0.399 e. The molecular formula is C14H13ClN2O. The summed E-state index contributed by atoms with van der Waals surface area (Å²) in [6, 6.07) is 12.2. The molecule has 0 heterocycles. The molecular weight excluding hydrogens is 248 g/mol. The zero-order valence-electron chi connectivity index (χ0n) is 9.91. The molecule has 0 saturated carbocycles. The predicted octanol–water partition coefficient (Wildman–Crippen LogP) is 3.48. The Morgan fingerprint density at radius 1 is 1.17 bits per heavy atom. The molecule has 92 valence electrons. The second kappa shape index (κ2) is 5.10. The molecule has 3 nitrogen and oxygen atoms in total. The van der Waals surface area contributed by atoms with E-state index in [1.807, 2.05) is 6.92 Å². The quantitative estimate of drug-likeness (QED) is 0.812. The largest absolute Gasteiger partial charge is 0.399 e. The summed E-state index contributed by atoms with van der Waals surface area (Å²) in [6.07, 6.45) is 0. The van der Waals surface area contributed by atoms with E-state index in [0.29, 0.717) is 22.0 Å². The van der Waals surface area contributed by atoms with Gasteiger partial charge in [0.15, 0.2) is 0 Å². The van der Waals surface area contributed by atoms with Crippen LogP contribution in [0.2, 0.25) is 5.02 Å². The second-order valence-corrected chi connectivity index (χ2v) is 4.45. The lowest BCUT2D eigenvalue weighted by molar-refractivity contribution is 0.102. The third-order valence-electron chi connectivity index (χ3n) is 2.59. The smallest absolute Gasteiger partial charge is 0.255 e. The number of hydrogen-bond donors (Lipinski definition) is 2. The fraction of sp³-hybridized carbons (Fsp3) is 0.0714. The van der Waals surface area contributed by atoms with Gasteiger partial charge in [-0.25, -0.2) is 0 Å². The molecule has 4 heteroatoms. The van der Waals surface area contributed by atoms with Gasteiger partial charge in [-0.1, -0.05) is 11.6 Å². The monoisotopic (exact) mass is 260 g/mol. The summed E-state index contributed by atoms with van der Waals surface area (Å²) in [5.74, 6) is -0.167. The van der Waals surface area contributed by atoms with E-state index in [4.69, 9.17) is 17.3 Å². The first-order valence-electron chi connectivity index (χ1n) is 5.49. The first-order valence-corrected chi connectivity index (χ1v) is 5.87. The van der Waals surface area contributed by atoms with Crippen molar-refractivity contribution in [1.82, 2.24) is 0 Å². The average molecular weight is 261 g/mol. The van der Waals surface area contributed by atoms with Crippen LogP contribution < -0.4 is 11.1 Å². The van der Waals surface area contributed by atoms with E-state index in [0.717, 1.165) is 5.56 Å². The third kappa shape index (κ3) is 2.81. The van der Waals surface area contributed by atoms with Crippen molar-refractivity contribution in [2.75, 3.05) is 11.1 Å². The van der Waals surface area contributed by atoms with E-state index in [2.05, 4.69) is 5.32 Å². The van der Waals surface area contributed by atoms with Crippen molar-refractivity contribution >= 4 is 28.9 Å². The Balaban J connectivity index is 2.16. The van der Waals surface area contributed by atoms with Crippen LogP contribution in [0.3, 0.4) is 0 Å². The van der Waals surface area contributed by atoms with Gasteiger partial charge in [0.05, 0.1) is 0 Å². The summed E-state index contributed by atoms with van der Waals surface area (Å²) >= 11 is 5.92. The number of nitrogens with two attached hydrogens (primary N) is 1. The van der Waals surface area contributed by atoms with E-state index in [1.165, 1.54) is 0 Å². The van der Waals surface area contributed by atoms with Gasteiger partial charge in [-0.15, -0.1) is 0 Å². The molecule has 0 aliphatic rings. The summed E-state index contributed by atoms with van der Waals surface area (Å²) in [5, 5.41) is 3.45. The number of carbonyl (C=O) groups excluding carboxylic acids is 1. The zero-order chi connectivity index (χ0) is 13.1. The molecule has 3 N–H and O–H groups in total. The lowest BCUT2D eigenvalue weighted by atomic mass is 10.1. The van der Waals surface area contributed by atoms with Crippen molar-refractivity contribution in [3.8, 4) is 0 Å². The van der Waals surface area contributed by atoms with Gasteiger partial charge >= 0.3 is 0 Å². The molecule has 0 aromatic heterocycles. The highest BCUT2D eigenvalue weighted by molar-refractivity contribution is 6.31. The standard InChI is InChI=1S/C14H13ClN2O/c1-9-8-10(2-7-13(9)15)14(18)17-12-5-3-11(16)4-6-12/h2-8H,16H2,1H3,(H,17,18). The highest BCUT2D eigenvalue weighted by atomic mass is 35.5. The van der Waals surface area contributed by atoms with Crippen molar-refractivity contribution in [3.05, 3.63) is 58.6 Å². The SMILES string of the molecule is Cc1cc(C(=O)Nc2ccc(N)cc2)ccc1Cl. The minimum atomic E-state index is -0.167. The van der Waals surface area contributed by atoms with Crippen molar-refractivity contribution < 1.29 is 4.79 Å². The van der Waals surface area contributed by atoms with Crippen LogP contribution in [0.4, 0.5) is 11.4 Å². The van der Waals surface area contributed by atoms with Crippen LogP contribution in [-0.4, -0.2) is 5.91 Å². The number of benzene rings is 2. The first kappa shape index (κ1) is 12.5. The summed E-state index contributed by atoms with van der Waals surface area (Å²) < 4.78 is 0. The maximum Gasteiger partial charge on any atom is 0.255 e. The Hall–Kier alpha value is -2.00. The summed E-state index contributed by atoms with van der Waals surface area (Å²) in [6.45, 7) is 1.86. The maximum atomic E-state index is 12.0. The number of halogens is 1. The van der Waals surface area contributed by atoms with Crippen LogP contribution in [0, 0.1) is 6.92 Å². The molecule has 0 unspecified atom stereocenters. The van der Waals surface area contributed by atoms with Gasteiger partial charge in [0.25, 0.3) is 5.91 Å². The van der Waals surface area contributed by atoms with Crippen LogP contribution in [0.1, 0.15) is 15.9 Å². The Morgan fingerprint density at radius 2 is 1.83 bits per heavy atom. The number of anilines is 2. The molecule has 0 aliphatic carbocycles. The molecule has 0 atom stereocenters. The predicted molar refractivity (Wildman–Crippen MR) is 75.0 cm³/mol. The highest BCUT2D eigenvalue weighted by Gasteiger charge is 2.07. The van der Waals surface area contributed by atoms with E-state index in [1.54, 1.807) is 42.5 Å². The summed E-state index contributed by atoms with van der Waals surface area (Å²) in [4.78, 5) is 12.0. The molecule has 0 spiro atoms. The van der Waals surface area contributed by atoms with Gasteiger partial charge < -0.3 is 11.1 Å².